The van der Waals surface area contributed by atoms with Crippen molar-refractivity contribution in [1.82, 2.24) is 4.90 Å². The van der Waals surface area contributed by atoms with Crippen molar-refractivity contribution in [3.05, 3.63) is 71.3 Å². The number of hydrogen-bond donors (Lipinski definition) is 1. The summed E-state index contributed by atoms with van der Waals surface area (Å²) in [5.41, 5.74) is 9.32. The summed E-state index contributed by atoms with van der Waals surface area (Å²) >= 11 is 0. The molecule has 1 aliphatic heterocycles. The van der Waals surface area contributed by atoms with E-state index in [-0.39, 0.29) is 18.3 Å². The summed E-state index contributed by atoms with van der Waals surface area (Å²) in [5.74, 6) is 0.783. The number of carbonyl (C=O) groups excluding carboxylic acids is 1. The molecule has 0 spiro atoms. The van der Waals surface area contributed by atoms with Crippen LogP contribution in [0.2, 0.25) is 0 Å². The molecule has 3 nitrogen and oxygen atoms in total. The normalized spacial score (nSPS) is 19.5. The summed E-state index contributed by atoms with van der Waals surface area (Å²) in [6, 6.07) is 18.5. The first-order valence-corrected chi connectivity index (χ1v) is 8.86. The Bertz CT molecular complexity index is 672. The van der Waals surface area contributed by atoms with E-state index in [0.717, 1.165) is 31.5 Å². The highest BCUT2D eigenvalue weighted by Gasteiger charge is 2.35. The number of aryl methyl sites for hydroxylation is 1. The first-order chi connectivity index (χ1) is 11.7. The quantitative estimate of drug-likeness (QED) is 0.881. The zero-order valence-corrected chi connectivity index (χ0v) is 15.5. The molecule has 134 valence electrons. The third kappa shape index (κ3) is 4.42. The van der Waals surface area contributed by atoms with Crippen LogP contribution in [0.15, 0.2) is 54.6 Å². The topological polar surface area (TPSA) is 46.3 Å². The summed E-state index contributed by atoms with van der Waals surface area (Å²) in [6.07, 6.45) is 2.18. The second-order valence-corrected chi connectivity index (χ2v) is 6.67. The lowest BCUT2D eigenvalue weighted by atomic mass is 9.89. The number of nitrogens with two attached hydrogens (primary N) is 1. The van der Waals surface area contributed by atoms with Crippen LogP contribution < -0.4 is 5.73 Å². The van der Waals surface area contributed by atoms with Crippen LogP contribution in [0.1, 0.15) is 40.7 Å². The van der Waals surface area contributed by atoms with Crippen molar-refractivity contribution in [2.75, 3.05) is 19.6 Å². The monoisotopic (exact) mass is 358 g/mol. The second kappa shape index (κ2) is 9.02. The van der Waals surface area contributed by atoms with Crippen LogP contribution in [0.5, 0.6) is 0 Å². The number of likely N-dealkylation sites (tertiary alicyclic amines) is 1. The summed E-state index contributed by atoms with van der Waals surface area (Å²) in [4.78, 5) is 14.8. The average Bonchev–Trinajstić information content (AvgIpc) is 3.07. The first-order valence-electron chi connectivity index (χ1n) is 8.86. The molecule has 2 aromatic rings. The van der Waals surface area contributed by atoms with Crippen LogP contribution in [0.3, 0.4) is 0 Å². The fraction of sp³-hybridized carbons (Fsp3) is 0.381. The number of nitrogens with zero attached hydrogens (tertiary/aromatic N) is 1. The van der Waals surface area contributed by atoms with E-state index in [1.54, 1.807) is 0 Å². The van der Waals surface area contributed by atoms with E-state index in [4.69, 9.17) is 5.73 Å². The van der Waals surface area contributed by atoms with Crippen LogP contribution in [0, 0.1) is 5.92 Å². The van der Waals surface area contributed by atoms with E-state index in [0.29, 0.717) is 18.4 Å². The summed E-state index contributed by atoms with van der Waals surface area (Å²) in [5, 5.41) is 0. The van der Waals surface area contributed by atoms with Crippen molar-refractivity contribution in [3.63, 3.8) is 0 Å². The Labute approximate surface area is 156 Å². The number of amides is 1. The van der Waals surface area contributed by atoms with E-state index >= 15 is 0 Å². The second-order valence-electron chi connectivity index (χ2n) is 6.67. The standard InChI is InChI=1S/C21H26N2O.ClH/c1-2-6-16-9-11-18(12-10-16)21(24)23-14-19(13-22)20(15-23)17-7-4-3-5-8-17;/h3-5,7-12,19-20H,2,6,13-15,22H2,1H3;1H/t19-,20+;/m1./s1. The summed E-state index contributed by atoms with van der Waals surface area (Å²) in [7, 11) is 0. The lowest BCUT2D eigenvalue weighted by Crippen LogP contribution is -2.29. The molecule has 1 fully saturated rings. The Morgan fingerprint density at radius 2 is 1.76 bits per heavy atom. The largest absolute Gasteiger partial charge is 0.338 e. The van der Waals surface area contributed by atoms with Gasteiger partial charge in [-0.25, -0.2) is 0 Å². The van der Waals surface area contributed by atoms with E-state index in [9.17, 15) is 4.79 Å². The maximum atomic E-state index is 12.8. The Morgan fingerprint density at radius 1 is 1.08 bits per heavy atom. The Morgan fingerprint density at radius 3 is 2.36 bits per heavy atom. The molecule has 0 bridgehead atoms. The Hall–Kier alpha value is -1.84. The van der Waals surface area contributed by atoms with Gasteiger partial charge in [-0.3, -0.25) is 4.79 Å². The molecule has 2 N–H and O–H groups in total. The maximum absolute atomic E-state index is 12.8. The highest BCUT2D eigenvalue weighted by molar-refractivity contribution is 5.94. The fourth-order valence-corrected chi connectivity index (χ4v) is 3.64. The summed E-state index contributed by atoms with van der Waals surface area (Å²) in [6.45, 7) is 4.27. The van der Waals surface area contributed by atoms with E-state index in [1.165, 1.54) is 11.1 Å². The smallest absolute Gasteiger partial charge is 0.253 e. The van der Waals surface area contributed by atoms with Crippen molar-refractivity contribution in [1.29, 1.82) is 0 Å². The number of benzene rings is 2. The van der Waals surface area contributed by atoms with Crippen molar-refractivity contribution in [3.8, 4) is 0 Å². The molecule has 1 amide bonds. The molecule has 0 radical (unpaired) electrons. The van der Waals surface area contributed by atoms with Gasteiger partial charge in [0.2, 0.25) is 0 Å². The van der Waals surface area contributed by atoms with E-state index in [1.807, 2.05) is 23.1 Å². The van der Waals surface area contributed by atoms with Gasteiger partial charge in [0.25, 0.3) is 5.91 Å². The predicted octanol–water partition coefficient (Wildman–Crippen LogP) is 3.88. The first kappa shape index (κ1) is 19.5. The molecule has 25 heavy (non-hydrogen) atoms. The fourth-order valence-electron chi connectivity index (χ4n) is 3.64. The van der Waals surface area contributed by atoms with Gasteiger partial charge in [0, 0.05) is 24.6 Å². The molecular formula is C21H27ClN2O. The molecule has 0 saturated carbocycles. The van der Waals surface area contributed by atoms with Crippen molar-refractivity contribution >= 4 is 18.3 Å². The van der Waals surface area contributed by atoms with Gasteiger partial charge in [-0.1, -0.05) is 55.8 Å². The van der Waals surface area contributed by atoms with Gasteiger partial charge < -0.3 is 10.6 Å². The van der Waals surface area contributed by atoms with Gasteiger partial charge in [-0.05, 0) is 42.1 Å². The van der Waals surface area contributed by atoms with Crippen LogP contribution in [0.25, 0.3) is 0 Å². The average molecular weight is 359 g/mol. The van der Waals surface area contributed by atoms with Gasteiger partial charge in [0.05, 0.1) is 0 Å². The predicted molar refractivity (Wildman–Crippen MR) is 105 cm³/mol. The van der Waals surface area contributed by atoms with Crippen molar-refractivity contribution < 1.29 is 4.79 Å². The zero-order valence-electron chi connectivity index (χ0n) is 14.7. The van der Waals surface area contributed by atoms with Crippen LogP contribution in [0.4, 0.5) is 0 Å². The molecule has 1 heterocycles. The van der Waals surface area contributed by atoms with Gasteiger partial charge in [-0.15, -0.1) is 12.4 Å². The molecule has 3 rings (SSSR count). The minimum Gasteiger partial charge on any atom is -0.338 e. The van der Waals surface area contributed by atoms with Crippen molar-refractivity contribution in [2.24, 2.45) is 11.7 Å². The van der Waals surface area contributed by atoms with Gasteiger partial charge in [0.1, 0.15) is 0 Å². The molecule has 2 atom stereocenters. The van der Waals surface area contributed by atoms with Crippen LogP contribution >= 0.6 is 12.4 Å². The molecule has 1 aliphatic rings. The zero-order chi connectivity index (χ0) is 16.9. The SMILES string of the molecule is CCCc1ccc(C(=O)N2C[C@@H](CN)[C@H](c3ccccc3)C2)cc1.Cl. The van der Waals surface area contributed by atoms with E-state index in [2.05, 4.69) is 43.3 Å². The maximum Gasteiger partial charge on any atom is 0.253 e. The van der Waals surface area contributed by atoms with Crippen LogP contribution in [-0.4, -0.2) is 30.4 Å². The van der Waals surface area contributed by atoms with Gasteiger partial charge in [0.15, 0.2) is 0 Å². The number of rotatable bonds is 5. The minimum absolute atomic E-state index is 0. The van der Waals surface area contributed by atoms with Crippen LogP contribution in [-0.2, 0) is 6.42 Å². The number of halogens is 1. The molecule has 2 aromatic carbocycles. The summed E-state index contributed by atoms with van der Waals surface area (Å²) < 4.78 is 0. The Balaban J connectivity index is 0.00000225. The molecular weight excluding hydrogens is 332 g/mol. The highest BCUT2D eigenvalue weighted by Crippen LogP contribution is 2.32. The lowest BCUT2D eigenvalue weighted by molar-refractivity contribution is 0.0786. The van der Waals surface area contributed by atoms with Gasteiger partial charge in [-0.2, -0.15) is 0 Å². The lowest BCUT2D eigenvalue weighted by Gasteiger charge is -2.17. The Kier molecular flexibility index (Phi) is 7.03. The molecule has 4 heteroatoms. The third-order valence-electron chi connectivity index (χ3n) is 5.00. The molecule has 0 unspecified atom stereocenters. The molecule has 1 saturated heterocycles. The third-order valence-corrected chi connectivity index (χ3v) is 5.00. The molecule has 0 aromatic heterocycles. The molecule has 0 aliphatic carbocycles. The van der Waals surface area contributed by atoms with Gasteiger partial charge >= 0.3 is 0 Å². The highest BCUT2D eigenvalue weighted by atomic mass is 35.5. The number of hydrogen-bond acceptors (Lipinski definition) is 2. The number of carbonyl (C=O) groups is 1. The minimum atomic E-state index is 0. The van der Waals surface area contributed by atoms with Crippen molar-refractivity contribution in [2.45, 2.75) is 25.7 Å². The van der Waals surface area contributed by atoms with E-state index < -0.39 is 0 Å².